The van der Waals surface area contributed by atoms with Gasteiger partial charge in [-0.25, -0.2) is 13.6 Å². The Balaban J connectivity index is 1.79. The van der Waals surface area contributed by atoms with Crippen molar-refractivity contribution in [1.29, 1.82) is 0 Å². The fraction of sp³-hybridized carbons (Fsp3) is 0.444. The van der Waals surface area contributed by atoms with Crippen LogP contribution in [0.15, 0.2) is 24.4 Å². The molecular formula is C18H21F2N3O2. The van der Waals surface area contributed by atoms with Gasteiger partial charge in [-0.1, -0.05) is 0 Å². The maximum atomic E-state index is 14.3. The Kier molecular flexibility index (Phi) is 4.49. The summed E-state index contributed by atoms with van der Waals surface area (Å²) in [5, 5.41) is 0.174. The Morgan fingerprint density at radius 1 is 1.08 bits per heavy atom. The van der Waals surface area contributed by atoms with E-state index in [9.17, 15) is 13.6 Å². The van der Waals surface area contributed by atoms with E-state index in [1.165, 1.54) is 6.20 Å². The van der Waals surface area contributed by atoms with Gasteiger partial charge in [0.1, 0.15) is 22.8 Å². The van der Waals surface area contributed by atoms with Crippen molar-refractivity contribution < 1.29 is 18.3 Å². The molecule has 1 aromatic heterocycles. The van der Waals surface area contributed by atoms with Crippen molar-refractivity contribution >= 4 is 22.7 Å². The minimum absolute atomic E-state index is 0.0204. The van der Waals surface area contributed by atoms with Crippen molar-refractivity contribution in [2.75, 3.05) is 31.1 Å². The van der Waals surface area contributed by atoms with E-state index >= 15 is 0 Å². The maximum absolute atomic E-state index is 14.3. The zero-order chi connectivity index (χ0) is 18.2. The zero-order valence-corrected chi connectivity index (χ0v) is 14.6. The van der Waals surface area contributed by atoms with Crippen molar-refractivity contribution in [3.05, 3.63) is 36.0 Å². The third-order valence-electron chi connectivity index (χ3n) is 4.04. The average Bonchev–Trinajstić information content (AvgIpc) is 2.56. The summed E-state index contributed by atoms with van der Waals surface area (Å²) in [4.78, 5) is 19.7. The second-order valence-corrected chi connectivity index (χ2v) is 7.04. The summed E-state index contributed by atoms with van der Waals surface area (Å²) in [5.74, 6) is -1.06. The van der Waals surface area contributed by atoms with Crippen LogP contribution in [0.5, 0.6) is 0 Å². The minimum Gasteiger partial charge on any atom is -0.444 e. The van der Waals surface area contributed by atoms with Crippen molar-refractivity contribution in [2.24, 2.45) is 0 Å². The van der Waals surface area contributed by atoms with Gasteiger partial charge in [0.05, 0.1) is 11.1 Å². The van der Waals surface area contributed by atoms with Crippen LogP contribution in [0.2, 0.25) is 0 Å². The van der Waals surface area contributed by atoms with Crippen LogP contribution in [-0.4, -0.2) is 47.8 Å². The lowest BCUT2D eigenvalue weighted by molar-refractivity contribution is 0.0240. The fourth-order valence-corrected chi connectivity index (χ4v) is 2.90. The van der Waals surface area contributed by atoms with Gasteiger partial charge in [-0.15, -0.1) is 0 Å². The van der Waals surface area contributed by atoms with E-state index < -0.39 is 17.2 Å². The lowest BCUT2D eigenvalue weighted by Crippen LogP contribution is -2.50. The Labute approximate surface area is 145 Å². The number of piperazine rings is 1. The first kappa shape index (κ1) is 17.4. The Morgan fingerprint density at radius 2 is 1.72 bits per heavy atom. The second kappa shape index (κ2) is 6.46. The van der Waals surface area contributed by atoms with Crippen LogP contribution in [-0.2, 0) is 4.74 Å². The summed E-state index contributed by atoms with van der Waals surface area (Å²) in [6, 6.07) is 3.86. The standard InChI is InChI=1S/C18H21F2N3O2/c1-18(2,3)25-17(24)23-10-8-22(9-11-23)14-6-7-21-16-13(20)5-4-12(19)15(14)16/h4-7H,8-11H2,1-3H3. The molecule has 134 valence electrons. The molecule has 1 aliphatic heterocycles. The molecule has 0 spiro atoms. The molecule has 0 saturated carbocycles. The van der Waals surface area contributed by atoms with E-state index in [1.807, 2.05) is 25.7 Å². The zero-order valence-electron chi connectivity index (χ0n) is 14.6. The molecule has 1 saturated heterocycles. The lowest BCUT2D eigenvalue weighted by atomic mass is 10.1. The summed E-state index contributed by atoms with van der Waals surface area (Å²) >= 11 is 0. The van der Waals surface area contributed by atoms with Gasteiger partial charge in [0.25, 0.3) is 0 Å². The number of pyridine rings is 1. The van der Waals surface area contributed by atoms with Gasteiger partial charge in [-0.2, -0.15) is 0 Å². The molecule has 7 heteroatoms. The molecule has 25 heavy (non-hydrogen) atoms. The molecule has 1 aliphatic rings. The average molecular weight is 349 g/mol. The first-order valence-corrected chi connectivity index (χ1v) is 8.22. The van der Waals surface area contributed by atoms with Crippen molar-refractivity contribution in [3.63, 3.8) is 0 Å². The Morgan fingerprint density at radius 3 is 2.36 bits per heavy atom. The van der Waals surface area contributed by atoms with E-state index in [0.717, 1.165) is 12.1 Å². The molecule has 5 nitrogen and oxygen atoms in total. The topological polar surface area (TPSA) is 45.7 Å². The van der Waals surface area contributed by atoms with Crippen LogP contribution >= 0.6 is 0 Å². The number of benzene rings is 1. The number of hydrogen-bond donors (Lipinski definition) is 0. The van der Waals surface area contributed by atoms with Gasteiger partial charge in [-0.3, -0.25) is 4.98 Å². The number of aromatic nitrogens is 1. The highest BCUT2D eigenvalue weighted by molar-refractivity contribution is 5.92. The minimum atomic E-state index is -0.550. The molecule has 1 amide bonds. The smallest absolute Gasteiger partial charge is 0.410 e. The maximum Gasteiger partial charge on any atom is 0.410 e. The highest BCUT2D eigenvalue weighted by Crippen LogP contribution is 2.30. The largest absolute Gasteiger partial charge is 0.444 e. The van der Waals surface area contributed by atoms with Crippen LogP contribution in [0.25, 0.3) is 10.9 Å². The number of ether oxygens (including phenoxy) is 1. The number of halogens is 2. The van der Waals surface area contributed by atoms with Crippen LogP contribution in [0, 0.1) is 11.6 Å². The summed E-state index contributed by atoms with van der Waals surface area (Å²) in [6.07, 6.45) is 1.12. The van der Waals surface area contributed by atoms with E-state index in [-0.39, 0.29) is 17.0 Å². The molecule has 0 radical (unpaired) electrons. The van der Waals surface area contributed by atoms with Gasteiger partial charge in [0.2, 0.25) is 0 Å². The van der Waals surface area contributed by atoms with Gasteiger partial charge in [0.15, 0.2) is 0 Å². The molecule has 3 rings (SSSR count). The molecular weight excluding hydrogens is 328 g/mol. The van der Waals surface area contributed by atoms with Crippen molar-refractivity contribution in [2.45, 2.75) is 26.4 Å². The molecule has 0 bridgehead atoms. The van der Waals surface area contributed by atoms with Crippen LogP contribution in [0.4, 0.5) is 19.3 Å². The van der Waals surface area contributed by atoms with Crippen molar-refractivity contribution in [3.8, 4) is 0 Å². The van der Waals surface area contributed by atoms with Gasteiger partial charge in [-0.05, 0) is 39.0 Å². The molecule has 2 aromatic rings. The van der Waals surface area contributed by atoms with Gasteiger partial charge < -0.3 is 14.5 Å². The molecule has 2 heterocycles. The van der Waals surface area contributed by atoms with E-state index in [0.29, 0.717) is 31.9 Å². The Bertz CT molecular complexity index is 797. The third kappa shape index (κ3) is 3.65. The van der Waals surface area contributed by atoms with Gasteiger partial charge >= 0.3 is 6.09 Å². The van der Waals surface area contributed by atoms with Crippen LogP contribution in [0.3, 0.4) is 0 Å². The second-order valence-electron chi connectivity index (χ2n) is 7.04. The number of hydrogen-bond acceptors (Lipinski definition) is 4. The summed E-state index contributed by atoms with van der Waals surface area (Å²) in [5.41, 5.74) is 0.0637. The fourth-order valence-electron chi connectivity index (χ4n) is 2.90. The Hall–Kier alpha value is -2.44. The molecule has 0 atom stereocenters. The molecule has 0 N–H and O–H groups in total. The van der Waals surface area contributed by atoms with E-state index in [4.69, 9.17) is 4.74 Å². The van der Waals surface area contributed by atoms with Crippen LogP contribution < -0.4 is 4.90 Å². The number of rotatable bonds is 1. The highest BCUT2D eigenvalue weighted by atomic mass is 19.1. The first-order valence-electron chi connectivity index (χ1n) is 8.22. The number of fused-ring (bicyclic) bond motifs is 1. The summed E-state index contributed by atoms with van der Waals surface area (Å²) in [7, 11) is 0. The monoisotopic (exact) mass is 349 g/mol. The number of nitrogens with zero attached hydrogens (tertiary/aromatic N) is 3. The normalized spacial score (nSPS) is 15.6. The molecule has 1 fully saturated rings. The van der Waals surface area contributed by atoms with E-state index in [1.54, 1.807) is 11.0 Å². The first-order chi connectivity index (χ1) is 11.8. The highest BCUT2D eigenvalue weighted by Gasteiger charge is 2.27. The number of amides is 1. The summed E-state index contributed by atoms with van der Waals surface area (Å²) in [6.45, 7) is 7.39. The molecule has 0 unspecified atom stereocenters. The lowest BCUT2D eigenvalue weighted by Gasteiger charge is -2.37. The molecule has 1 aromatic carbocycles. The number of carbonyl (C=O) groups excluding carboxylic acids is 1. The molecule has 0 aliphatic carbocycles. The predicted octanol–water partition coefficient (Wildman–Crippen LogP) is 3.57. The number of anilines is 1. The summed E-state index contributed by atoms with van der Waals surface area (Å²) < 4.78 is 33.5. The van der Waals surface area contributed by atoms with Crippen molar-refractivity contribution in [1.82, 2.24) is 9.88 Å². The quantitative estimate of drug-likeness (QED) is 0.790. The van der Waals surface area contributed by atoms with Crippen LogP contribution in [0.1, 0.15) is 20.8 Å². The van der Waals surface area contributed by atoms with E-state index in [2.05, 4.69) is 4.98 Å². The number of carbonyl (C=O) groups is 1. The predicted molar refractivity (Wildman–Crippen MR) is 91.7 cm³/mol. The SMILES string of the molecule is CC(C)(C)OC(=O)N1CCN(c2ccnc3c(F)ccc(F)c23)CC1. The third-order valence-corrected chi connectivity index (χ3v) is 4.04. The van der Waals surface area contributed by atoms with Gasteiger partial charge in [0, 0.05) is 32.4 Å².